The van der Waals surface area contributed by atoms with E-state index in [1.165, 1.54) is 19.4 Å². The highest BCUT2D eigenvalue weighted by molar-refractivity contribution is 5.84. The Balaban J connectivity index is 1.81. The number of nitrogens with zero attached hydrogens (tertiary/aromatic N) is 1. The third-order valence-electron chi connectivity index (χ3n) is 3.11. The molecule has 6 nitrogen and oxygen atoms in total. The molecule has 6 heteroatoms. The Morgan fingerprint density at radius 2 is 2.00 bits per heavy atom. The van der Waals surface area contributed by atoms with Gasteiger partial charge in [0.05, 0.1) is 19.9 Å². The second-order valence-electron chi connectivity index (χ2n) is 4.94. The standard InChI is InChI=1S/C17H19N3O3/c1-12-3-6-14(7-4-12)18-11-17(22)20-19-10-13-5-8-16(23-2)15(21)9-13/h3-10,18,21H,11H2,1-2H3,(H,20,22)/b19-10-. The van der Waals surface area contributed by atoms with Gasteiger partial charge in [0.2, 0.25) is 0 Å². The number of anilines is 1. The Morgan fingerprint density at radius 1 is 1.26 bits per heavy atom. The number of phenols is 1. The van der Waals surface area contributed by atoms with Gasteiger partial charge in [-0.2, -0.15) is 5.10 Å². The monoisotopic (exact) mass is 313 g/mol. The van der Waals surface area contributed by atoms with Gasteiger partial charge in [-0.15, -0.1) is 0 Å². The van der Waals surface area contributed by atoms with E-state index < -0.39 is 0 Å². The van der Waals surface area contributed by atoms with E-state index in [0.29, 0.717) is 11.3 Å². The van der Waals surface area contributed by atoms with E-state index in [4.69, 9.17) is 4.74 Å². The third-order valence-corrected chi connectivity index (χ3v) is 3.11. The molecule has 0 radical (unpaired) electrons. The van der Waals surface area contributed by atoms with Crippen molar-refractivity contribution in [2.24, 2.45) is 5.10 Å². The lowest BCUT2D eigenvalue weighted by molar-refractivity contribution is -0.119. The van der Waals surface area contributed by atoms with Gasteiger partial charge in [-0.3, -0.25) is 4.79 Å². The molecule has 0 aromatic heterocycles. The third kappa shape index (κ3) is 5.03. The number of carbonyl (C=O) groups excluding carboxylic acids is 1. The van der Waals surface area contributed by atoms with Crippen molar-refractivity contribution in [2.45, 2.75) is 6.92 Å². The maximum absolute atomic E-state index is 11.7. The van der Waals surface area contributed by atoms with Crippen molar-refractivity contribution in [3.8, 4) is 11.5 Å². The van der Waals surface area contributed by atoms with Crippen molar-refractivity contribution >= 4 is 17.8 Å². The number of rotatable bonds is 6. The van der Waals surface area contributed by atoms with Crippen molar-refractivity contribution in [3.05, 3.63) is 53.6 Å². The van der Waals surface area contributed by atoms with E-state index in [1.807, 2.05) is 31.2 Å². The second kappa shape index (κ2) is 7.84. The minimum absolute atomic E-state index is 0.0174. The van der Waals surface area contributed by atoms with Gasteiger partial charge in [0, 0.05) is 5.69 Å². The van der Waals surface area contributed by atoms with E-state index in [2.05, 4.69) is 15.8 Å². The first kappa shape index (κ1) is 16.4. The van der Waals surface area contributed by atoms with E-state index in [-0.39, 0.29) is 18.2 Å². The summed E-state index contributed by atoms with van der Waals surface area (Å²) in [6.07, 6.45) is 1.45. The predicted octanol–water partition coefficient (Wildman–Crippen LogP) is 2.27. The summed E-state index contributed by atoms with van der Waals surface area (Å²) in [6.45, 7) is 2.12. The summed E-state index contributed by atoms with van der Waals surface area (Å²) < 4.78 is 4.95. The number of aromatic hydroxyl groups is 1. The first-order chi connectivity index (χ1) is 11.1. The molecular weight excluding hydrogens is 294 g/mol. The topological polar surface area (TPSA) is 83.0 Å². The van der Waals surface area contributed by atoms with E-state index >= 15 is 0 Å². The number of methoxy groups -OCH3 is 1. The molecule has 0 saturated carbocycles. The molecule has 0 saturated heterocycles. The predicted molar refractivity (Wildman–Crippen MR) is 90.1 cm³/mol. The molecule has 120 valence electrons. The highest BCUT2D eigenvalue weighted by atomic mass is 16.5. The SMILES string of the molecule is COc1ccc(/C=N\NC(=O)CNc2ccc(C)cc2)cc1O. The Morgan fingerprint density at radius 3 is 2.65 bits per heavy atom. The molecule has 0 aliphatic rings. The molecule has 2 aromatic carbocycles. The van der Waals surface area contributed by atoms with Gasteiger partial charge in [0.1, 0.15) is 0 Å². The lowest BCUT2D eigenvalue weighted by Crippen LogP contribution is -2.25. The van der Waals surface area contributed by atoms with Gasteiger partial charge in [-0.05, 0) is 42.8 Å². The van der Waals surface area contributed by atoms with Crippen LogP contribution in [0.4, 0.5) is 5.69 Å². The molecule has 2 rings (SSSR count). The van der Waals surface area contributed by atoms with Crippen LogP contribution in [0.2, 0.25) is 0 Å². The molecule has 3 N–H and O–H groups in total. The van der Waals surface area contributed by atoms with Crippen LogP contribution < -0.4 is 15.5 Å². The van der Waals surface area contributed by atoms with Crippen LogP contribution in [0.5, 0.6) is 11.5 Å². The molecule has 0 bridgehead atoms. The van der Waals surface area contributed by atoms with Crippen molar-refractivity contribution in [3.63, 3.8) is 0 Å². The summed E-state index contributed by atoms with van der Waals surface area (Å²) in [7, 11) is 1.48. The number of hydrazone groups is 1. The molecule has 0 spiro atoms. The molecule has 23 heavy (non-hydrogen) atoms. The minimum Gasteiger partial charge on any atom is -0.504 e. The summed E-state index contributed by atoms with van der Waals surface area (Å²) in [5, 5.41) is 16.5. The maximum atomic E-state index is 11.7. The first-order valence-corrected chi connectivity index (χ1v) is 7.08. The number of nitrogens with one attached hydrogen (secondary N) is 2. The van der Waals surface area contributed by atoms with Gasteiger partial charge in [-0.1, -0.05) is 17.7 Å². The van der Waals surface area contributed by atoms with Crippen molar-refractivity contribution in [1.82, 2.24) is 5.43 Å². The lowest BCUT2D eigenvalue weighted by Gasteiger charge is -2.05. The average Bonchev–Trinajstić information content (AvgIpc) is 2.54. The van der Waals surface area contributed by atoms with Crippen LogP contribution in [0.25, 0.3) is 0 Å². The van der Waals surface area contributed by atoms with E-state index in [0.717, 1.165) is 11.3 Å². The number of hydrogen-bond acceptors (Lipinski definition) is 5. The second-order valence-corrected chi connectivity index (χ2v) is 4.94. The van der Waals surface area contributed by atoms with Crippen LogP contribution in [0.15, 0.2) is 47.6 Å². The molecule has 0 fully saturated rings. The molecular formula is C17H19N3O3. The fourth-order valence-electron chi connectivity index (χ4n) is 1.86. The fraction of sp³-hybridized carbons (Fsp3) is 0.176. The van der Waals surface area contributed by atoms with Gasteiger partial charge >= 0.3 is 0 Å². The molecule has 0 aliphatic heterocycles. The summed E-state index contributed by atoms with van der Waals surface area (Å²) in [5.74, 6) is 0.136. The lowest BCUT2D eigenvalue weighted by atomic mass is 10.2. The molecule has 0 atom stereocenters. The molecule has 1 amide bonds. The summed E-state index contributed by atoms with van der Waals surface area (Å²) in [4.78, 5) is 11.7. The van der Waals surface area contributed by atoms with Crippen LogP contribution in [0.1, 0.15) is 11.1 Å². The zero-order valence-corrected chi connectivity index (χ0v) is 13.0. The van der Waals surface area contributed by atoms with Crippen LogP contribution in [0.3, 0.4) is 0 Å². The number of carbonyl (C=O) groups is 1. The largest absolute Gasteiger partial charge is 0.504 e. The maximum Gasteiger partial charge on any atom is 0.259 e. The molecule has 0 aliphatic carbocycles. The minimum atomic E-state index is -0.264. The summed E-state index contributed by atoms with van der Waals surface area (Å²) in [5.41, 5.74) is 5.09. The zero-order chi connectivity index (χ0) is 16.7. The number of phenolic OH excluding ortho intramolecular Hbond substituents is 1. The van der Waals surface area contributed by atoms with Gasteiger partial charge < -0.3 is 15.2 Å². The Bertz CT molecular complexity index is 697. The Kier molecular flexibility index (Phi) is 5.57. The normalized spacial score (nSPS) is 10.5. The molecule has 0 heterocycles. The van der Waals surface area contributed by atoms with Crippen LogP contribution in [-0.2, 0) is 4.79 Å². The van der Waals surface area contributed by atoms with Gasteiger partial charge in [-0.25, -0.2) is 5.43 Å². The molecule has 2 aromatic rings. The quantitative estimate of drug-likeness (QED) is 0.564. The van der Waals surface area contributed by atoms with Crippen LogP contribution in [-0.4, -0.2) is 30.9 Å². The average molecular weight is 313 g/mol. The molecule has 0 unspecified atom stereocenters. The highest BCUT2D eigenvalue weighted by Gasteiger charge is 2.02. The zero-order valence-electron chi connectivity index (χ0n) is 13.0. The highest BCUT2D eigenvalue weighted by Crippen LogP contribution is 2.25. The fourth-order valence-corrected chi connectivity index (χ4v) is 1.86. The van der Waals surface area contributed by atoms with E-state index in [1.54, 1.807) is 12.1 Å². The number of hydrogen-bond donors (Lipinski definition) is 3. The van der Waals surface area contributed by atoms with E-state index in [9.17, 15) is 9.90 Å². The Hall–Kier alpha value is -3.02. The van der Waals surface area contributed by atoms with Crippen molar-refractivity contribution in [2.75, 3.05) is 19.0 Å². The smallest absolute Gasteiger partial charge is 0.259 e. The van der Waals surface area contributed by atoms with Crippen LogP contribution >= 0.6 is 0 Å². The van der Waals surface area contributed by atoms with Gasteiger partial charge in [0.15, 0.2) is 11.5 Å². The number of aryl methyl sites for hydroxylation is 1. The number of amides is 1. The first-order valence-electron chi connectivity index (χ1n) is 7.08. The van der Waals surface area contributed by atoms with Gasteiger partial charge in [0.25, 0.3) is 5.91 Å². The van der Waals surface area contributed by atoms with Crippen molar-refractivity contribution < 1.29 is 14.6 Å². The Labute approximate surface area is 134 Å². The summed E-state index contributed by atoms with van der Waals surface area (Å²) >= 11 is 0. The number of ether oxygens (including phenoxy) is 1. The number of benzene rings is 2. The van der Waals surface area contributed by atoms with Crippen molar-refractivity contribution in [1.29, 1.82) is 0 Å². The summed E-state index contributed by atoms with van der Waals surface area (Å²) in [6, 6.07) is 12.6. The van der Waals surface area contributed by atoms with Crippen LogP contribution in [0, 0.1) is 6.92 Å².